The van der Waals surface area contributed by atoms with E-state index in [0.717, 1.165) is 28.5 Å². The molecule has 0 aliphatic carbocycles. The largest absolute Gasteiger partial charge is 0.481 e. The molecule has 0 saturated heterocycles. The van der Waals surface area contributed by atoms with E-state index in [1.54, 1.807) is 12.1 Å². The summed E-state index contributed by atoms with van der Waals surface area (Å²) < 4.78 is 2.05. The summed E-state index contributed by atoms with van der Waals surface area (Å²) in [4.78, 5) is 27.1. The number of halogens is 1. The Labute approximate surface area is 167 Å². The number of hydrogen-bond donors (Lipinski definition) is 2. The van der Waals surface area contributed by atoms with E-state index in [4.69, 9.17) is 21.7 Å². The molecule has 1 heterocycles. The molecule has 6 nitrogen and oxygen atoms in total. The molecule has 0 spiro atoms. The molecule has 0 atom stereocenters. The van der Waals surface area contributed by atoms with Gasteiger partial charge in [-0.15, -0.1) is 0 Å². The van der Waals surface area contributed by atoms with Crippen LogP contribution >= 0.6 is 11.6 Å². The monoisotopic (exact) mass is 397 g/mol. The number of aryl methyl sites for hydroxylation is 1. The number of aromatic nitrogens is 2. The second-order valence-corrected chi connectivity index (χ2v) is 6.87. The number of anilines is 1. The Morgan fingerprint density at radius 2 is 1.68 bits per heavy atom. The van der Waals surface area contributed by atoms with Crippen molar-refractivity contribution < 1.29 is 14.7 Å². The Morgan fingerprint density at radius 3 is 2.29 bits per heavy atom. The number of benzene rings is 2. The van der Waals surface area contributed by atoms with Crippen LogP contribution in [0.3, 0.4) is 0 Å². The van der Waals surface area contributed by atoms with Gasteiger partial charge in [0.1, 0.15) is 5.82 Å². The molecule has 1 amide bonds. The van der Waals surface area contributed by atoms with Gasteiger partial charge < -0.3 is 10.4 Å². The zero-order chi connectivity index (χ0) is 20.3. The van der Waals surface area contributed by atoms with Crippen molar-refractivity contribution in [3.63, 3.8) is 0 Å². The molecule has 144 valence electrons. The Kier molecular flexibility index (Phi) is 5.80. The molecule has 0 radical (unpaired) electrons. The molecule has 0 bridgehead atoms. The van der Waals surface area contributed by atoms with Gasteiger partial charge in [-0.1, -0.05) is 11.6 Å². The standard InChI is InChI=1S/C21H20ClN3O3/c1-13-14(2)25(21(23-13)15-3-5-16(22)6-4-15)18-9-7-17(8-10-18)24-19(26)11-12-20(27)28/h3-10H,11-12H2,1-2H3,(H,24,26)(H,27,28). The van der Waals surface area contributed by atoms with Gasteiger partial charge in [-0.2, -0.15) is 0 Å². The summed E-state index contributed by atoms with van der Waals surface area (Å²) in [7, 11) is 0. The first kappa shape index (κ1) is 19.6. The molecule has 2 aromatic carbocycles. The number of carboxylic acids is 1. The summed E-state index contributed by atoms with van der Waals surface area (Å²) in [6, 6.07) is 14.9. The number of rotatable bonds is 6. The molecule has 2 N–H and O–H groups in total. The highest BCUT2D eigenvalue weighted by Gasteiger charge is 2.15. The van der Waals surface area contributed by atoms with Gasteiger partial charge in [0, 0.05) is 34.1 Å². The van der Waals surface area contributed by atoms with E-state index in [1.807, 2.05) is 50.2 Å². The third-order valence-electron chi connectivity index (χ3n) is 4.42. The number of nitrogens with one attached hydrogen (secondary N) is 1. The van der Waals surface area contributed by atoms with Gasteiger partial charge in [0.05, 0.1) is 12.1 Å². The van der Waals surface area contributed by atoms with Gasteiger partial charge in [-0.05, 0) is 62.4 Å². The van der Waals surface area contributed by atoms with E-state index in [-0.39, 0.29) is 18.7 Å². The molecule has 0 fully saturated rings. The maximum Gasteiger partial charge on any atom is 0.303 e. The van der Waals surface area contributed by atoms with E-state index in [0.29, 0.717) is 10.7 Å². The minimum atomic E-state index is -0.994. The number of carboxylic acid groups (broad SMARTS) is 1. The van der Waals surface area contributed by atoms with E-state index in [9.17, 15) is 9.59 Å². The Hall–Kier alpha value is -3.12. The predicted molar refractivity (Wildman–Crippen MR) is 109 cm³/mol. The molecular formula is C21H20ClN3O3. The lowest BCUT2D eigenvalue weighted by Gasteiger charge is -2.12. The fraction of sp³-hybridized carbons (Fsp3) is 0.190. The van der Waals surface area contributed by atoms with Gasteiger partial charge in [0.25, 0.3) is 0 Å². The van der Waals surface area contributed by atoms with Crippen LogP contribution in [0.4, 0.5) is 5.69 Å². The lowest BCUT2D eigenvalue weighted by atomic mass is 10.2. The number of carbonyl (C=O) groups excluding carboxylic acids is 1. The summed E-state index contributed by atoms with van der Waals surface area (Å²) >= 11 is 6.00. The first-order valence-corrected chi connectivity index (χ1v) is 9.17. The van der Waals surface area contributed by atoms with E-state index < -0.39 is 5.97 Å². The second kappa shape index (κ2) is 8.27. The molecule has 7 heteroatoms. The van der Waals surface area contributed by atoms with Crippen LogP contribution in [0.5, 0.6) is 0 Å². The van der Waals surface area contributed by atoms with Crippen molar-refractivity contribution in [2.24, 2.45) is 0 Å². The van der Waals surface area contributed by atoms with Crippen LogP contribution in [0.15, 0.2) is 48.5 Å². The number of aliphatic carboxylic acids is 1. The zero-order valence-corrected chi connectivity index (χ0v) is 16.3. The highest BCUT2D eigenvalue weighted by atomic mass is 35.5. The summed E-state index contributed by atoms with van der Waals surface area (Å²) in [6.45, 7) is 3.96. The summed E-state index contributed by atoms with van der Waals surface area (Å²) in [5, 5.41) is 12.0. The maximum atomic E-state index is 11.8. The Bertz CT molecular complexity index is 1010. The topological polar surface area (TPSA) is 84.2 Å². The SMILES string of the molecule is Cc1nc(-c2ccc(Cl)cc2)n(-c2ccc(NC(=O)CCC(=O)O)cc2)c1C. The van der Waals surface area contributed by atoms with Crippen molar-refractivity contribution in [3.8, 4) is 17.1 Å². The minimum Gasteiger partial charge on any atom is -0.481 e. The normalized spacial score (nSPS) is 10.7. The first-order chi connectivity index (χ1) is 13.3. The zero-order valence-electron chi connectivity index (χ0n) is 15.6. The second-order valence-electron chi connectivity index (χ2n) is 6.44. The van der Waals surface area contributed by atoms with Gasteiger partial charge in [-0.25, -0.2) is 4.98 Å². The van der Waals surface area contributed by atoms with Crippen molar-refractivity contribution in [1.29, 1.82) is 0 Å². The van der Waals surface area contributed by atoms with Crippen LogP contribution in [-0.4, -0.2) is 26.5 Å². The molecule has 3 rings (SSSR count). The molecule has 28 heavy (non-hydrogen) atoms. The quantitative estimate of drug-likeness (QED) is 0.636. The van der Waals surface area contributed by atoms with Crippen molar-refractivity contribution in [2.75, 3.05) is 5.32 Å². The summed E-state index contributed by atoms with van der Waals surface area (Å²) in [5.74, 6) is -0.511. The number of imidazole rings is 1. The maximum absolute atomic E-state index is 11.8. The fourth-order valence-electron chi connectivity index (χ4n) is 2.86. The van der Waals surface area contributed by atoms with Crippen molar-refractivity contribution in [1.82, 2.24) is 9.55 Å². The molecule has 3 aromatic rings. The Morgan fingerprint density at radius 1 is 1.04 bits per heavy atom. The lowest BCUT2D eigenvalue weighted by Crippen LogP contribution is -2.13. The molecule has 1 aromatic heterocycles. The van der Waals surface area contributed by atoms with Crippen molar-refractivity contribution in [3.05, 3.63) is 64.9 Å². The van der Waals surface area contributed by atoms with Crippen molar-refractivity contribution >= 4 is 29.2 Å². The number of hydrogen-bond acceptors (Lipinski definition) is 3. The molecular weight excluding hydrogens is 378 g/mol. The van der Waals surface area contributed by atoms with Crippen molar-refractivity contribution in [2.45, 2.75) is 26.7 Å². The number of nitrogens with zero attached hydrogens (tertiary/aromatic N) is 2. The number of amides is 1. The van der Waals surface area contributed by atoms with Gasteiger partial charge in [0.2, 0.25) is 5.91 Å². The van der Waals surface area contributed by atoms with Crippen LogP contribution in [0.1, 0.15) is 24.2 Å². The number of carbonyl (C=O) groups is 2. The minimum absolute atomic E-state index is 0.0579. The highest BCUT2D eigenvalue weighted by Crippen LogP contribution is 2.27. The van der Waals surface area contributed by atoms with Gasteiger partial charge >= 0.3 is 5.97 Å². The average Bonchev–Trinajstić information content (AvgIpc) is 2.96. The first-order valence-electron chi connectivity index (χ1n) is 8.79. The molecule has 0 aliphatic heterocycles. The van der Waals surface area contributed by atoms with Crippen LogP contribution in [0.25, 0.3) is 17.1 Å². The Balaban J connectivity index is 1.87. The third kappa shape index (κ3) is 4.40. The van der Waals surface area contributed by atoms with Crippen LogP contribution in [0, 0.1) is 13.8 Å². The summed E-state index contributed by atoms with van der Waals surface area (Å²) in [6.07, 6.45) is -0.250. The predicted octanol–water partition coefficient (Wildman–Crippen LogP) is 4.61. The van der Waals surface area contributed by atoms with Crippen LogP contribution in [0.2, 0.25) is 5.02 Å². The summed E-state index contributed by atoms with van der Waals surface area (Å²) in [5.41, 5.74) is 4.42. The third-order valence-corrected chi connectivity index (χ3v) is 4.67. The average molecular weight is 398 g/mol. The molecule has 0 aliphatic rings. The highest BCUT2D eigenvalue weighted by molar-refractivity contribution is 6.30. The lowest BCUT2D eigenvalue weighted by molar-refractivity contribution is -0.138. The van der Waals surface area contributed by atoms with Gasteiger partial charge in [-0.3, -0.25) is 14.2 Å². The fourth-order valence-corrected chi connectivity index (χ4v) is 2.98. The van der Waals surface area contributed by atoms with Crippen LogP contribution in [-0.2, 0) is 9.59 Å². The van der Waals surface area contributed by atoms with E-state index in [2.05, 4.69) is 9.88 Å². The smallest absolute Gasteiger partial charge is 0.303 e. The molecule has 0 saturated carbocycles. The van der Waals surface area contributed by atoms with Gasteiger partial charge in [0.15, 0.2) is 0 Å². The van der Waals surface area contributed by atoms with E-state index >= 15 is 0 Å². The molecule has 0 unspecified atom stereocenters. The van der Waals surface area contributed by atoms with E-state index in [1.165, 1.54) is 0 Å². The van der Waals surface area contributed by atoms with Crippen LogP contribution < -0.4 is 5.32 Å².